The minimum absolute atomic E-state index is 0.877. The maximum Gasteiger partial charge on any atom is 0.0123 e. The lowest BCUT2D eigenvalue weighted by atomic mass is 9.74. The molecule has 2 rings (SSSR count). The van der Waals surface area contributed by atoms with E-state index in [9.17, 15) is 0 Å². The van der Waals surface area contributed by atoms with Gasteiger partial charge in [0, 0.05) is 12.1 Å². The molecular weight excluding hydrogens is 350 g/mol. The SMILES string of the molecule is CCCCCCC(C)C(C)CC(CC)CC1CCCCC1N(C)C1CCCCC1. The second-order valence-corrected chi connectivity index (χ2v) is 11.1. The van der Waals surface area contributed by atoms with Gasteiger partial charge in [0.1, 0.15) is 0 Å². The molecule has 0 bridgehead atoms. The number of hydrogen-bond donors (Lipinski definition) is 0. The molecule has 0 amide bonds. The van der Waals surface area contributed by atoms with Gasteiger partial charge in [-0.1, -0.05) is 98.3 Å². The molecule has 172 valence electrons. The summed E-state index contributed by atoms with van der Waals surface area (Å²) in [6.45, 7) is 9.87. The number of nitrogens with zero attached hydrogens (tertiary/aromatic N) is 1. The van der Waals surface area contributed by atoms with Crippen molar-refractivity contribution in [2.24, 2.45) is 23.7 Å². The second-order valence-electron chi connectivity index (χ2n) is 11.1. The Hall–Kier alpha value is -0.0400. The predicted octanol–water partition coefficient (Wildman–Crippen LogP) is 8.86. The molecule has 0 spiro atoms. The smallest absolute Gasteiger partial charge is 0.0123 e. The average molecular weight is 406 g/mol. The zero-order valence-corrected chi connectivity index (χ0v) is 20.9. The highest BCUT2D eigenvalue weighted by Gasteiger charge is 2.33. The summed E-state index contributed by atoms with van der Waals surface area (Å²) in [7, 11) is 2.49. The van der Waals surface area contributed by atoms with Crippen molar-refractivity contribution in [2.75, 3.05) is 7.05 Å². The van der Waals surface area contributed by atoms with E-state index >= 15 is 0 Å². The first-order valence-electron chi connectivity index (χ1n) is 13.8. The summed E-state index contributed by atoms with van der Waals surface area (Å²) in [6.07, 6.45) is 24.8. The Morgan fingerprint density at radius 1 is 0.793 bits per heavy atom. The van der Waals surface area contributed by atoms with Crippen molar-refractivity contribution in [3.8, 4) is 0 Å². The van der Waals surface area contributed by atoms with Gasteiger partial charge in [0.2, 0.25) is 0 Å². The molecule has 2 fully saturated rings. The van der Waals surface area contributed by atoms with E-state index in [1.54, 1.807) is 0 Å². The molecule has 1 heteroatoms. The minimum atomic E-state index is 0.877. The van der Waals surface area contributed by atoms with Crippen molar-refractivity contribution in [2.45, 2.75) is 149 Å². The van der Waals surface area contributed by atoms with Crippen molar-refractivity contribution < 1.29 is 0 Å². The van der Waals surface area contributed by atoms with E-state index < -0.39 is 0 Å². The Labute approximate surface area is 184 Å². The molecule has 0 heterocycles. The van der Waals surface area contributed by atoms with Crippen molar-refractivity contribution in [3.63, 3.8) is 0 Å². The van der Waals surface area contributed by atoms with Gasteiger partial charge in [-0.25, -0.2) is 0 Å². The molecule has 2 aliphatic carbocycles. The molecule has 0 saturated heterocycles. The van der Waals surface area contributed by atoms with Crippen LogP contribution < -0.4 is 0 Å². The third-order valence-electron chi connectivity index (χ3n) is 8.95. The molecule has 5 unspecified atom stereocenters. The van der Waals surface area contributed by atoms with Crippen LogP contribution in [0.1, 0.15) is 137 Å². The summed E-state index contributed by atoms with van der Waals surface area (Å²) in [5.74, 6) is 3.73. The van der Waals surface area contributed by atoms with Crippen LogP contribution in [0, 0.1) is 23.7 Å². The normalized spacial score (nSPS) is 27.1. The minimum Gasteiger partial charge on any atom is -0.300 e. The van der Waals surface area contributed by atoms with Gasteiger partial charge in [-0.05, 0) is 69.2 Å². The molecule has 0 aromatic heterocycles. The zero-order valence-electron chi connectivity index (χ0n) is 20.9. The molecule has 2 saturated carbocycles. The van der Waals surface area contributed by atoms with Crippen LogP contribution in [0.25, 0.3) is 0 Å². The summed E-state index contributed by atoms with van der Waals surface area (Å²) in [5.41, 5.74) is 0. The first kappa shape index (κ1) is 25.2. The highest BCUT2D eigenvalue weighted by Crippen LogP contribution is 2.38. The van der Waals surface area contributed by atoms with Crippen molar-refractivity contribution in [1.29, 1.82) is 0 Å². The Kier molecular flexibility index (Phi) is 12.3. The van der Waals surface area contributed by atoms with Crippen LogP contribution in [0.2, 0.25) is 0 Å². The number of rotatable bonds is 13. The molecule has 0 radical (unpaired) electrons. The molecule has 1 nitrogen and oxygen atoms in total. The van der Waals surface area contributed by atoms with Crippen LogP contribution >= 0.6 is 0 Å². The van der Waals surface area contributed by atoms with Crippen molar-refractivity contribution in [3.05, 3.63) is 0 Å². The second kappa shape index (κ2) is 14.1. The lowest BCUT2D eigenvalue weighted by Crippen LogP contribution is -2.46. The largest absolute Gasteiger partial charge is 0.300 e. The van der Waals surface area contributed by atoms with E-state index in [1.165, 1.54) is 109 Å². The molecule has 0 aliphatic heterocycles. The number of unbranched alkanes of at least 4 members (excludes halogenated alkanes) is 3. The Morgan fingerprint density at radius 2 is 1.48 bits per heavy atom. The van der Waals surface area contributed by atoms with E-state index in [0.717, 1.165) is 35.8 Å². The van der Waals surface area contributed by atoms with Gasteiger partial charge < -0.3 is 4.90 Å². The Morgan fingerprint density at radius 3 is 2.17 bits per heavy atom. The lowest BCUT2D eigenvalue weighted by Gasteiger charge is -2.44. The van der Waals surface area contributed by atoms with E-state index in [0.29, 0.717) is 0 Å². The first-order chi connectivity index (χ1) is 14.1. The van der Waals surface area contributed by atoms with Crippen LogP contribution in [0.4, 0.5) is 0 Å². The van der Waals surface area contributed by atoms with Crippen LogP contribution in [-0.2, 0) is 0 Å². The summed E-state index contributed by atoms with van der Waals surface area (Å²) in [6, 6.07) is 1.76. The standard InChI is InChI=1S/C28H55N/c1-6-8-9-11-16-23(3)24(4)21-25(7-2)22-26-17-14-15-20-28(26)29(5)27-18-12-10-13-19-27/h23-28H,6-22H2,1-5H3. The van der Waals surface area contributed by atoms with Crippen LogP contribution in [-0.4, -0.2) is 24.0 Å². The van der Waals surface area contributed by atoms with Gasteiger partial charge in [-0.3, -0.25) is 0 Å². The van der Waals surface area contributed by atoms with E-state index in [2.05, 4.69) is 39.6 Å². The molecule has 0 N–H and O–H groups in total. The van der Waals surface area contributed by atoms with Crippen molar-refractivity contribution >= 4 is 0 Å². The first-order valence-corrected chi connectivity index (χ1v) is 13.8. The third kappa shape index (κ3) is 8.54. The highest BCUT2D eigenvalue weighted by molar-refractivity contribution is 4.88. The number of hydrogen-bond acceptors (Lipinski definition) is 1. The molecule has 5 atom stereocenters. The van der Waals surface area contributed by atoms with Gasteiger partial charge >= 0.3 is 0 Å². The summed E-state index contributed by atoms with van der Waals surface area (Å²) < 4.78 is 0. The van der Waals surface area contributed by atoms with Gasteiger partial charge in [0.25, 0.3) is 0 Å². The molecule has 0 aromatic carbocycles. The summed E-state index contributed by atoms with van der Waals surface area (Å²) >= 11 is 0. The van der Waals surface area contributed by atoms with Gasteiger partial charge in [-0.15, -0.1) is 0 Å². The van der Waals surface area contributed by atoms with Crippen LogP contribution in [0.15, 0.2) is 0 Å². The van der Waals surface area contributed by atoms with E-state index in [-0.39, 0.29) is 0 Å². The maximum absolute atomic E-state index is 2.87. The summed E-state index contributed by atoms with van der Waals surface area (Å²) in [4.78, 5) is 2.87. The van der Waals surface area contributed by atoms with Crippen molar-refractivity contribution in [1.82, 2.24) is 4.90 Å². The molecule has 0 aromatic rings. The van der Waals surface area contributed by atoms with E-state index in [1.807, 2.05) is 0 Å². The van der Waals surface area contributed by atoms with Crippen LogP contribution in [0.5, 0.6) is 0 Å². The van der Waals surface area contributed by atoms with Gasteiger partial charge in [-0.2, -0.15) is 0 Å². The molecule has 29 heavy (non-hydrogen) atoms. The van der Waals surface area contributed by atoms with Gasteiger partial charge in [0.15, 0.2) is 0 Å². The van der Waals surface area contributed by atoms with Gasteiger partial charge in [0.05, 0.1) is 0 Å². The lowest BCUT2D eigenvalue weighted by molar-refractivity contribution is 0.0572. The topological polar surface area (TPSA) is 3.24 Å². The fourth-order valence-electron chi connectivity index (χ4n) is 6.55. The monoisotopic (exact) mass is 405 g/mol. The molecule has 2 aliphatic rings. The van der Waals surface area contributed by atoms with E-state index in [4.69, 9.17) is 0 Å². The third-order valence-corrected chi connectivity index (χ3v) is 8.95. The maximum atomic E-state index is 2.87. The average Bonchev–Trinajstić information content (AvgIpc) is 2.76. The highest BCUT2D eigenvalue weighted by atomic mass is 15.2. The fourth-order valence-corrected chi connectivity index (χ4v) is 6.55. The summed E-state index contributed by atoms with van der Waals surface area (Å²) in [5, 5.41) is 0. The molecular formula is C28H55N. The Bertz CT molecular complexity index is 399. The van der Waals surface area contributed by atoms with Crippen LogP contribution in [0.3, 0.4) is 0 Å². The predicted molar refractivity (Wildman–Crippen MR) is 130 cm³/mol. The fraction of sp³-hybridized carbons (Fsp3) is 1.00. The zero-order chi connectivity index (χ0) is 21.1. The quantitative estimate of drug-likeness (QED) is 0.276. The Balaban J connectivity index is 1.84.